The van der Waals surface area contributed by atoms with E-state index < -0.39 is 0 Å². The van der Waals surface area contributed by atoms with Crippen molar-refractivity contribution in [2.45, 2.75) is 6.42 Å². The first kappa shape index (κ1) is 9.64. The van der Waals surface area contributed by atoms with E-state index in [1.165, 1.54) is 0 Å². The van der Waals surface area contributed by atoms with E-state index >= 15 is 0 Å². The van der Waals surface area contributed by atoms with Crippen LogP contribution in [0.4, 0.5) is 0 Å². The number of ether oxygens (including phenoxy) is 3. The van der Waals surface area contributed by atoms with Crippen molar-refractivity contribution in [1.82, 2.24) is 0 Å². The average Bonchev–Trinajstić information content (AvgIpc) is 2.64. The molecule has 0 aromatic heterocycles. The fourth-order valence-corrected chi connectivity index (χ4v) is 1.25. The number of hydrogen-bond donors (Lipinski definition) is 2. The summed E-state index contributed by atoms with van der Waals surface area (Å²) in [6, 6.07) is 5.36. The van der Waals surface area contributed by atoms with Crippen LogP contribution in [0.5, 0.6) is 17.2 Å². The Morgan fingerprint density at radius 2 is 2.20 bits per heavy atom. The monoisotopic (exact) mass is 208 g/mol. The standard InChI is InChI=1S/C10H12N2O3/c11-10(12)3-4-13-7-1-2-8-9(5-7)15-6-14-8/h1-2,5H,3-4,6H2,(H3,11,12). The second-order valence-corrected chi connectivity index (χ2v) is 3.14. The van der Waals surface area contributed by atoms with Crippen molar-refractivity contribution in [3.8, 4) is 17.2 Å². The molecule has 1 heterocycles. The van der Waals surface area contributed by atoms with Crippen LogP contribution in [-0.4, -0.2) is 19.2 Å². The zero-order chi connectivity index (χ0) is 10.7. The normalized spacial score (nSPS) is 12.5. The van der Waals surface area contributed by atoms with E-state index in [2.05, 4.69) is 0 Å². The molecule has 0 unspecified atom stereocenters. The van der Waals surface area contributed by atoms with E-state index in [1.807, 2.05) is 0 Å². The third-order valence-corrected chi connectivity index (χ3v) is 1.98. The Bertz CT molecular complexity index is 379. The Balaban J connectivity index is 1.95. The maximum atomic E-state index is 7.04. The van der Waals surface area contributed by atoms with Crippen molar-refractivity contribution in [3.05, 3.63) is 18.2 Å². The Morgan fingerprint density at radius 3 is 3.00 bits per heavy atom. The molecule has 0 radical (unpaired) electrons. The molecule has 80 valence electrons. The van der Waals surface area contributed by atoms with E-state index in [4.69, 9.17) is 25.4 Å². The van der Waals surface area contributed by atoms with Crippen molar-refractivity contribution in [3.63, 3.8) is 0 Å². The van der Waals surface area contributed by atoms with Crippen LogP contribution < -0.4 is 19.9 Å². The number of fused-ring (bicyclic) bond motifs is 1. The summed E-state index contributed by atoms with van der Waals surface area (Å²) in [5.41, 5.74) is 5.21. The number of rotatable bonds is 4. The molecular weight excluding hydrogens is 196 g/mol. The van der Waals surface area contributed by atoms with Gasteiger partial charge in [0.1, 0.15) is 5.75 Å². The summed E-state index contributed by atoms with van der Waals surface area (Å²) >= 11 is 0. The van der Waals surface area contributed by atoms with Gasteiger partial charge in [-0.3, -0.25) is 5.41 Å². The zero-order valence-electron chi connectivity index (χ0n) is 8.16. The van der Waals surface area contributed by atoms with Gasteiger partial charge in [-0.2, -0.15) is 0 Å². The Labute approximate surface area is 87.3 Å². The molecule has 1 aromatic rings. The molecule has 0 amide bonds. The van der Waals surface area contributed by atoms with Crippen molar-refractivity contribution in [2.24, 2.45) is 5.73 Å². The quantitative estimate of drug-likeness (QED) is 0.574. The van der Waals surface area contributed by atoms with Gasteiger partial charge in [-0.15, -0.1) is 0 Å². The van der Waals surface area contributed by atoms with Crippen LogP contribution in [-0.2, 0) is 0 Å². The van der Waals surface area contributed by atoms with Gasteiger partial charge in [0.25, 0.3) is 0 Å². The minimum atomic E-state index is 0.121. The molecule has 2 rings (SSSR count). The van der Waals surface area contributed by atoms with Crippen LogP contribution in [0.3, 0.4) is 0 Å². The molecule has 3 N–H and O–H groups in total. The lowest BCUT2D eigenvalue weighted by atomic mass is 10.3. The van der Waals surface area contributed by atoms with E-state index in [9.17, 15) is 0 Å². The van der Waals surface area contributed by atoms with E-state index in [-0.39, 0.29) is 12.6 Å². The van der Waals surface area contributed by atoms with Crippen LogP contribution >= 0.6 is 0 Å². The first-order chi connectivity index (χ1) is 7.25. The molecule has 1 aromatic carbocycles. The topological polar surface area (TPSA) is 77.6 Å². The first-order valence-corrected chi connectivity index (χ1v) is 4.61. The molecule has 1 aliphatic heterocycles. The molecule has 0 bridgehead atoms. The maximum absolute atomic E-state index is 7.04. The predicted octanol–water partition coefficient (Wildman–Crippen LogP) is 1.12. The highest BCUT2D eigenvalue weighted by atomic mass is 16.7. The highest BCUT2D eigenvalue weighted by Crippen LogP contribution is 2.34. The minimum Gasteiger partial charge on any atom is -0.493 e. The SMILES string of the molecule is N=C(N)CCOc1ccc2c(c1)OCO2. The summed E-state index contributed by atoms with van der Waals surface area (Å²) in [6.07, 6.45) is 0.425. The van der Waals surface area contributed by atoms with Gasteiger partial charge in [0.15, 0.2) is 11.5 Å². The van der Waals surface area contributed by atoms with E-state index in [1.54, 1.807) is 18.2 Å². The molecule has 0 saturated carbocycles. The average molecular weight is 208 g/mol. The van der Waals surface area contributed by atoms with Gasteiger partial charge in [0.2, 0.25) is 6.79 Å². The van der Waals surface area contributed by atoms with Crippen LogP contribution in [0.15, 0.2) is 18.2 Å². The molecule has 0 aliphatic carbocycles. The number of hydrogen-bond acceptors (Lipinski definition) is 4. The molecule has 0 fully saturated rings. The molecule has 0 atom stereocenters. The Kier molecular flexibility index (Phi) is 2.62. The molecule has 15 heavy (non-hydrogen) atoms. The third kappa shape index (κ3) is 2.31. The predicted molar refractivity (Wildman–Crippen MR) is 54.6 cm³/mol. The summed E-state index contributed by atoms with van der Waals surface area (Å²) < 4.78 is 15.7. The largest absolute Gasteiger partial charge is 0.493 e. The number of benzene rings is 1. The number of nitrogens with two attached hydrogens (primary N) is 1. The van der Waals surface area contributed by atoms with Gasteiger partial charge in [-0.1, -0.05) is 0 Å². The fraction of sp³-hybridized carbons (Fsp3) is 0.300. The number of nitrogens with one attached hydrogen (secondary N) is 1. The van der Waals surface area contributed by atoms with Crippen LogP contribution in [0.2, 0.25) is 0 Å². The smallest absolute Gasteiger partial charge is 0.231 e. The lowest BCUT2D eigenvalue weighted by Gasteiger charge is -2.05. The molecule has 0 spiro atoms. The maximum Gasteiger partial charge on any atom is 0.231 e. The lowest BCUT2D eigenvalue weighted by Crippen LogP contribution is -2.13. The van der Waals surface area contributed by atoms with E-state index in [0.29, 0.717) is 24.5 Å². The van der Waals surface area contributed by atoms with Crippen molar-refractivity contribution in [1.29, 1.82) is 5.41 Å². The van der Waals surface area contributed by atoms with Crippen molar-refractivity contribution >= 4 is 5.84 Å². The fourth-order valence-electron chi connectivity index (χ4n) is 1.25. The highest BCUT2D eigenvalue weighted by Gasteiger charge is 2.13. The molecule has 1 aliphatic rings. The Hall–Kier alpha value is -1.91. The summed E-state index contributed by atoms with van der Waals surface area (Å²) in [5.74, 6) is 2.24. The van der Waals surface area contributed by atoms with Gasteiger partial charge < -0.3 is 19.9 Å². The minimum absolute atomic E-state index is 0.121. The highest BCUT2D eigenvalue weighted by molar-refractivity contribution is 5.76. The second kappa shape index (κ2) is 4.08. The molecule has 0 saturated heterocycles. The van der Waals surface area contributed by atoms with Gasteiger partial charge in [-0.25, -0.2) is 0 Å². The molecule has 5 nitrogen and oxygen atoms in total. The van der Waals surface area contributed by atoms with Crippen molar-refractivity contribution in [2.75, 3.05) is 13.4 Å². The second-order valence-electron chi connectivity index (χ2n) is 3.14. The summed E-state index contributed by atoms with van der Waals surface area (Å²) in [6.45, 7) is 0.654. The van der Waals surface area contributed by atoms with Crippen LogP contribution in [0.25, 0.3) is 0 Å². The third-order valence-electron chi connectivity index (χ3n) is 1.98. The van der Waals surface area contributed by atoms with Gasteiger partial charge in [-0.05, 0) is 12.1 Å². The van der Waals surface area contributed by atoms with E-state index in [0.717, 1.165) is 5.75 Å². The van der Waals surface area contributed by atoms with Gasteiger partial charge in [0, 0.05) is 12.5 Å². The van der Waals surface area contributed by atoms with Gasteiger partial charge >= 0.3 is 0 Å². The summed E-state index contributed by atoms with van der Waals surface area (Å²) in [4.78, 5) is 0. The Morgan fingerprint density at radius 1 is 1.40 bits per heavy atom. The summed E-state index contributed by atoms with van der Waals surface area (Å²) in [7, 11) is 0. The molecular formula is C10H12N2O3. The lowest BCUT2D eigenvalue weighted by molar-refractivity contribution is 0.174. The zero-order valence-corrected chi connectivity index (χ0v) is 8.16. The number of amidine groups is 1. The van der Waals surface area contributed by atoms with Crippen LogP contribution in [0, 0.1) is 5.41 Å². The van der Waals surface area contributed by atoms with Gasteiger partial charge in [0.05, 0.1) is 12.4 Å². The first-order valence-electron chi connectivity index (χ1n) is 4.61. The summed E-state index contributed by atoms with van der Waals surface area (Å²) in [5, 5.41) is 7.04. The molecule has 5 heteroatoms. The van der Waals surface area contributed by atoms with Crippen molar-refractivity contribution < 1.29 is 14.2 Å². The van der Waals surface area contributed by atoms with Crippen LogP contribution in [0.1, 0.15) is 6.42 Å².